The monoisotopic (exact) mass is 273 g/mol. The van der Waals surface area contributed by atoms with E-state index in [1.54, 1.807) is 0 Å². The van der Waals surface area contributed by atoms with Crippen LogP contribution in [-0.4, -0.2) is 30.6 Å². The van der Waals surface area contributed by atoms with Gasteiger partial charge in [-0.25, -0.2) is 0 Å². The van der Waals surface area contributed by atoms with Crippen LogP contribution in [0.25, 0.3) is 0 Å². The number of anilines is 1. The zero-order valence-corrected chi connectivity index (χ0v) is 10.3. The average Bonchev–Trinajstić information content (AvgIpc) is 2.33. The highest BCUT2D eigenvalue weighted by molar-refractivity contribution is 6.34. The number of nitrogens with two attached hydrogens (primary N) is 1. The van der Waals surface area contributed by atoms with Crippen LogP contribution in [0.15, 0.2) is 18.2 Å². The molecule has 0 bridgehead atoms. The van der Waals surface area contributed by atoms with Gasteiger partial charge in [-0.1, -0.05) is 11.6 Å². The first-order valence-corrected chi connectivity index (χ1v) is 5.35. The van der Waals surface area contributed by atoms with E-state index in [0.29, 0.717) is 0 Å². The van der Waals surface area contributed by atoms with Gasteiger partial charge in [0.05, 0.1) is 15.6 Å². The Morgan fingerprint density at radius 3 is 2.78 bits per heavy atom. The molecule has 7 nitrogen and oxygen atoms in total. The highest BCUT2D eigenvalue weighted by atomic mass is 35.5. The predicted octanol–water partition coefficient (Wildman–Crippen LogP) is 1.16. The van der Waals surface area contributed by atoms with Crippen molar-refractivity contribution in [1.82, 2.24) is 0 Å². The van der Waals surface area contributed by atoms with Gasteiger partial charge in [0.2, 0.25) is 0 Å². The Morgan fingerprint density at radius 1 is 1.67 bits per heavy atom. The van der Waals surface area contributed by atoms with Crippen LogP contribution in [-0.2, 0) is 9.53 Å². The van der Waals surface area contributed by atoms with Gasteiger partial charge >= 0.3 is 0 Å². The fourth-order valence-electron chi connectivity index (χ4n) is 1.24. The van der Waals surface area contributed by atoms with Crippen LogP contribution in [0.2, 0.25) is 5.02 Å². The third-order valence-electron chi connectivity index (χ3n) is 2.21. The van der Waals surface area contributed by atoms with Crippen LogP contribution in [0, 0.1) is 10.1 Å². The van der Waals surface area contributed by atoms with E-state index < -0.39 is 16.9 Å². The Morgan fingerprint density at radius 2 is 2.33 bits per heavy atom. The van der Waals surface area contributed by atoms with Gasteiger partial charge in [0.25, 0.3) is 11.6 Å². The van der Waals surface area contributed by atoms with Gasteiger partial charge in [-0.3, -0.25) is 14.9 Å². The summed E-state index contributed by atoms with van der Waals surface area (Å²) in [5.41, 5.74) is 5.45. The number of non-ortho nitro benzene ring substituents is 1. The van der Waals surface area contributed by atoms with Gasteiger partial charge < -0.3 is 15.8 Å². The largest absolute Gasteiger partial charge is 0.370 e. The molecular weight excluding hydrogens is 262 g/mol. The average molecular weight is 274 g/mol. The summed E-state index contributed by atoms with van der Waals surface area (Å²) in [6, 6.07) is 3.74. The quantitative estimate of drug-likeness (QED) is 0.618. The van der Waals surface area contributed by atoms with Crippen LogP contribution in [0.1, 0.15) is 0 Å². The molecule has 1 atom stereocenters. The van der Waals surface area contributed by atoms with Crippen LogP contribution < -0.4 is 11.1 Å². The van der Waals surface area contributed by atoms with Crippen molar-refractivity contribution in [2.45, 2.75) is 6.10 Å². The van der Waals surface area contributed by atoms with Crippen LogP contribution in [0.3, 0.4) is 0 Å². The summed E-state index contributed by atoms with van der Waals surface area (Å²) in [7, 11) is 1.36. The number of halogens is 1. The van der Waals surface area contributed by atoms with E-state index in [1.165, 1.54) is 19.2 Å². The van der Waals surface area contributed by atoms with Crippen molar-refractivity contribution in [3.8, 4) is 0 Å². The molecule has 8 heteroatoms. The highest BCUT2D eigenvalue weighted by Crippen LogP contribution is 2.26. The number of carbonyl (C=O) groups is 1. The lowest BCUT2D eigenvalue weighted by molar-refractivity contribution is -0.384. The minimum Gasteiger partial charge on any atom is -0.370 e. The molecule has 3 N–H and O–H groups in total. The molecule has 0 saturated carbocycles. The lowest BCUT2D eigenvalue weighted by Gasteiger charge is -2.13. The number of hydrogen-bond donors (Lipinski definition) is 2. The molecule has 1 amide bonds. The van der Waals surface area contributed by atoms with Crippen molar-refractivity contribution in [2.75, 3.05) is 19.0 Å². The molecular formula is C10H12ClN3O4. The van der Waals surface area contributed by atoms with Gasteiger partial charge in [-0.05, 0) is 6.07 Å². The van der Waals surface area contributed by atoms with Gasteiger partial charge in [0.1, 0.15) is 6.10 Å². The molecule has 1 rings (SSSR count). The number of rotatable bonds is 5. The first kappa shape index (κ1) is 14.4. The Bertz CT molecular complexity index is 462. The van der Waals surface area contributed by atoms with Crippen molar-refractivity contribution < 1.29 is 14.5 Å². The Kier molecular flexibility index (Phi) is 5.02. The fourth-order valence-corrected chi connectivity index (χ4v) is 1.46. The maximum Gasteiger partial charge on any atom is 0.271 e. The number of nitrogens with zero attached hydrogens (tertiary/aromatic N) is 1. The van der Waals surface area contributed by atoms with Crippen molar-refractivity contribution in [3.63, 3.8) is 0 Å². The van der Waals surface area contributed by atoms with E-state index in [1.807, 2.05) is 0 Å². The number of amides is 1. The lowest BCUT2D eigenvalue weighted by Crippen LogP contribution is -2.35. The van der Waals surface area contributed by atoms with Gasteiger partial charge in [0.15, 0.2) is 0 Å². The normalized spacial score (nSPS) is 11.9. The summed E-state index contributed by atoms with van der Waals surface area (Å²) in [6.07, 6.45) is -0.795. The molecule has 0 spiro atoms. The van der Waals surface area contributed by atoms with Crippen LogP contribution in [0.5, 0.6) is 0 Å². The third kappa shape index (κ3) is 3.39. The van der Waals surface area contributed by atoms with Crippen LogP contribution >= 0.6 is 11.6 Å². The minimum atomic E-state index is -0.795. The summed E-state index contributed by atoms with van der Waals surface area (Å²) >= 11 is 5.82. The van der Waals surface area contributed by atoms with Crippen molar-refractivity contribution >= 4 is 28.9 Å². The second-order valence-corrected chi connectivity index (χ2v) is 3.78. The molecule has 0 heterocycles. The summed E-state index contributed by atoms with van der Waals surface area (Å²) in [6.45, 7) is 0.0208. The second-order valence-electron chi connectivity index (χ2n) is 3.37. The number of nitro benzene ring substituents is 1. The van der Waals surface area contributed by atoms with E-state index in [-0.39, 0.29) is 22.9 Å². The zero-order chi connectivity index (χ0) is 13.7. The number of ether oxygens (including phenoxy) is 1. The van der Waals surface area contributed by atoms with Crippen molar-refractivity contribution in [1.29, 1.82) is 0 Å². The van der Waals surface area contributed by atoms with E-state index in [0.717, 1.165) is 6.07 Å². The predicted molar refractivity (Wildman–Crippen MR) is 66.6 cm³/mol. The zero-order valence-electron chi connectivity index (χ0n) is 9.55. The molecule has 18 heavy (non-hydrogen) atoms. The molecule has 1 aromatic rings. The second kappa shape index (κ2) is 6.29. The third-order valence-corrected chi connectivity index (χ3v) is 2.53. The number of methoxy groups -OCH3 is 1. The maximum absolute atomic E-state index is 11.6. The van der Waals surface area contributed by atoms with Gasteiger partial charge in [0, 0.05) is 25.8 Å². The number of carbonyl (C=O) groups excluding carboxylic acids is 1. The molecule has 98 valence electrons. The lowest BCUT2D eigenvalue weighted by atomic mass is 10.2. The first-order valence-electron chi connectivity index (χ1n) is 4.97. The molecule has 0 aliphatic rings. The molecule has 0 fully saturated rings. The standard InChI is InChI=1S/C10H12ClN3O4/c1-18-9(5-12)10(15)13-8-3-2-6(14(16)17)4-7(8)11/h2-4,9H,5,12H2,1H3,(H,13,15). The fraction of sp³-hybridized carbons (Fsp3) is 0.300. The molecule has 0 radical (unpaired) electrons. The maximum atomic E-state index is 11.6. The van der Waals surface area contributed by atoms with Gasteiger partial charge in [-0.15, -0.1) is 0 Å². The van der Waals surface area contributed by atoms with Crippen molar-refractivity contribution in [3.05, 3.63) is 33.3 Å². The van der Waals surface area contributed by atoms with Crippen LogP contribution in [0.4, 0.5) is 11.4 Å². The smallest absolute Gasteiger partial charge is 0.271 e. The highest BCUT2D eigenvalue weighted by Gasteiger charge is 2.18. The summed E-state index contributed by atoms with van der Waals surface area (Å²) in [4.78, 5) is 21.6. The molecule has 0 aliphatic heterocycles. The topological polar surface area (TPSA) is 107 Å². The molecule has 0 saturated heterocycles. The number of nitro groups is 1. The number of benzene rings is 1. The first-order chi connectivity index (χ1) is 8.49. The minimum absolute atomic E-state index is 0.0208. The molecule has 0 aliphatic carbocycles. The van der Waals surface area contributed by atoms with E-state index in [4.69, 9.17) is 22.1 Å². The Balaban J connectivity index is 2.86. The molecule has 1 unspecified atom stereocenters. The summed E-state index contributed by atoms with van der Waals surface area (Å²) in [5.74, 6) is -0.462. The van der Waals surface area contributed by atoms with E-state index >= 15 is 0 Å². The van der Waals surface area contributed by atoms with E-state index in [9.17, 15) is 14.9 Å². The SMILES string of the molecule is COC(CN)C(=O)Nc1ccc([N+](=O)[O-])cc1Cl. The van der Waals surface area contributed by atoms with Gasteiger partial charge in [-0.2, -0.15) is 0 Å². The van der Waals surface area contributed by atoms with Crippen molar-refractivity contribution in [2.24, 2.45) is 5.73 Å². The Labute approximate surface area is 108 Å². The number of hydrogen-bond acceptors (Lipinski definition) is 5. The molecule has 0 aromatic heterocycles. The summed E-state index contributed by atoms with van der Waals surface area (Å²) in [5, 5.41) is 13.1. The summed E-state index contributed by atoms with van der Waals surface area (Å²) < 4.78 is 4.85. The van der Waals surface area contributed by atoms with E-state index in [2.05, 4.69) is 5.32 Å². The Hall–Kier alpha value is -1.70. The molecule has 1 aromatic carbocycles. The number of nitrogens with one attached hydrogen (secondary N) is 1.